The van der Waals surface area contributed by atoms with Gasteiger partial charge in [-0.1, -0.05) is 0 Å². The van der Waals surface area contributed by atoms with Gasteiger partial charge in [0.15, 0.2) is 0 Å². The molecule has 0 amide bonds. The Kier molecular flexibility index (Phi) is 4.95. The van der Waals surface area contributed by atoms with Gasteiger partial charge in [-0.3, -0.25) is 10.1 Å². The number of rotatable bonds is 6. The molecule has 0 aliphatic rings. The molecular weight excluding hydrogens is 286 g/mol. The largest absolute Gasteiger partial charge is 0.363 e. The number of nitrogens with zero attached hydrogens (tertiary/aromatic N) is 4. The molecule has 0 aliphatic heterocycles. The van der Waals surface area contributed by atoms with Crippen LogP contribution in [-0.4, -0.2) is 49.0 Å². The Morgan fingerprint density at radius 1 is 1.55 bits per heavy atom. The summed E-state index contributed by atoms with van der Waals surface area (Å²) >= 11 is 0. The number of hydrogen-bond acceptors (Lipinski definition) is 7. The summed E-state index contributed by atoms with van der Waals surface area (Å²) in [4.78, 5) is 14.0. The molecule has 0 spiro atoms. The summed E-state index contributed by atoms with van der Waals surface area (Å²) in [6.45, 7) is -0.0523. The Bertz CT molecular complexity index is 650. The highest BCUT2D eigenvalue weighted by Crippen LogP contribution is 2.25. The third kappa shape index (κ3) is 3.62. The minimum absolute atomic E-state index is 0.0523. The van der Waals surface area contributed by atoms with E-state index in [0.29, 0.717) is 0 Å². The molecule has 0 radical (unpaired) electrons. The maximum Gasteiger partial charge on any atom is 0.328 e. The Labute approximate surface area is 116 Å². The number of pyridine rings is 1. The lowest BCUT2D eigenvalue weighted by atomic mass is 10.2. The first-order valence-electron chi connectivity index (χ1n) is 5.47. The fraction of sp³-hybridized carbons (Fsp3) is 0.400. The predicted octanol–water partition coefficient (Wildman–Crippen LogP) is 0.165. The van der Waals surface area contributed by atoms with Gasteiger partial charge in [-0.05, 0) is 6.07 Å². The predicted molar refractivity (Wildman–Crippen MR) is 71.6 cm³/mol. The normalized spacial score (nSPS) is 11.1. The molecule has 9 nitrogen and oxygen atoms in total. The van der Waals surface area contributed by atoms with Crippen molar-refractivity contribution in [3.05, 3.63) is 27.9 Å². The van der Waals surface area contributed by atoms with Crippen LogP contribution in [0.4, 0.5) is 11.5 Å². The minimum Gasteiger partial charge on any atom is -0.363 e. The maximum atomic E-state index is 11.5. The summed E-state index contributed by atoms with van der Waals surface area (Å²) in [6.07, 6.45) is 1.24. The summed E-state index contributed by atoms with van der Waals surface area (Å²) in [7, 11) is -0.619. The van der Waals surface area contributed by atoms with Gasteiger partial charge in [0.1, 0.15) is 11.6 Å². The lowest BCUT2D eigenvalue weighted by Crippen LogP contribution is -2.28. The Morgan fingerprint density at radius 3 is 2.70 bits per heavy atom. The summed E-state index contributed by atoms with van der Waals surface area (Å²) in [5.41, 5.74) is -0.597. The molecule has 1 heterocycles. The van der Waals surface area contributed by atoms with Crippen LogP contribution in [0.3, 0.4) is 0 Å². The zero-order chi connectivity index (χ0) is 15.3. The van der Waals surface area contributed by atoms with Gasteiger partial charge < -0.3 is 5.32 Å². The van der Waals surface area contributed by atoms with Gasteiger partial charge in [0.2, 0.25) is 15.8 Å². The van der Waals surface area contributed by atoms with Crippen molar-refractivity contribution >= 4 is 21.5 Å². The third-order valence-electron chi connectivity index (χ3n) is 2.44. The zero-order valence-corrected chi connectivity index (χ0v) is 11.7. The standard InChI is InChI=1S/C10H13N5O4S/c1-14(2)20(18,19)6-5-13-10-9(15(16)17)8(7-11)3-4-12-10/h3-4H,5-6H2,1-2H3,(H,12,13). The van der Waals surface area contributed by atoms with E-state index in [0.717, 1.165) is 4.31 Å². The SMILES string of the molecule is CN(C)S(=O)(=O)CCNc1nccc(C#N)c1[N+](=O)[O-]. The van der Waals surface area contributed by atoms with E-state index in [-0.39, 0.29) is 23.7 Å². The molecule has 0 saturated heterocycles. The van der Waals surface area contributed by atoms with Crippen LogP contribution >= 0.6 is 0 Å². The van der Waals surface area contributed by atoms with Gasteiger partial charge in [0, 0.05) is 26.8 Å². The molecule has 20 heavy (non-hydrogen) atoms. The fourth-order valence-corrected chi connectivity index (χ4v) is 2.06. The van der Waals surface area contributed by atoms with Crippen molar-refractivity contribution in [3.63, 3.8) is 0 Å². The van der Waals surface area contributed by atoms with Gasteiger partial charge in [-0.15, -0.1) is 0 Å². The van der Waals surface area contributed by atoms with Gasteiger partial charge in [0.25, 0.3) is 0 Å². The van der Waals surface area contributed by atoms with Crippen LogP contribution < -0.4 is 5.32 Å². The van der Waals surface area contributed by atoms with E-state index in [1.807, 2.05) is 0 Å². The van der Waals surface area contributed by atoms with E-state index in [4.69, 9.17) is 5.26 Å². The summed E-state index contributed by atoms with van der Waals surface area (Å²) in [5.74, 6) is -0.363. The highest BCUT2D eigenvalue weighted by molar-refractivity contribution is 7.89. The van der Waals surface area contributed by atoms with Crippen molar-refractivity contribution in [2.45, 2.75) is 0 Å². The van der Waals surface area contributed by atoms with E-state index < -0.39 is 20.6 Å². The molecule has 0 bridgehead atoms. The summed E-state index contributed by atoms with van der Waals surface area (Å²) < 4.78 is 24.1. The van der Waals surface area contributed by atoms with Crippen molar-refractivity contribution in [3.8, 4) is 6.07 Å². The molecular formula is C10H13N5O4S. The van der Waals surface area contributed by atoms with E-state index >= 15 is 0 Å². The van der Waals surface area contributed by atoms with Crippen LogP contribution in [0.1, 0.15) is 5.56 Å². The average Bonchev–Trinajstić information content (AvgIpc) is 2.37. The lowest BCUT2D eigenvalue weighted by Gasteiger charge is -2.11. The Hall–Kier alpha value is -2.25. The monoisotopic (exact) mass is 299 g/mol. The molecule has 1 aromatic rings. The highest BCUT2D eigenvalue weighted by atomic mass is 32.2. The van der Waals surface area contributed by atoms with Gasteiger partial charge >= 0.3 is 5.69 Å². The van der Waals surface area contributed by atoms with E-state index in [9.17, 15) is 18.5 Å². The van der Waals surface area contributed by atoms with E-state index in [1.54, 1.807) is 6.07 Å². The molecule has 0 fully saturated rings. The van der Waals surface area contributed by atoms with Crippen molar-refractivity contribution in [2.75, 3.05) is 31.7 Å². The van der Waals surface area contributed by atoms with Crippen molar-refractivity contribution < 1.29 is 13.3 Å². The second kappa shape index (κ2) is 6.27. The fourth-order valence-electron chi connectivity index (χ4n) is 1.34. The first-order chi connectivity index (χ1) is 9.29. The van der Waals surface area contributed by atoms with Crippen molar-refractivity contribution in [1.82, 2.24) is 9.29 Å². The second-order valence-electron chi connectivity index (χ2n) is 3.95. The Balaban J connectivity index is 2.90. The number of aromatic nitrogens is 1. The van der Waals surface area contributed by atoms with Crippen LogP contribution in [-0.2, 0) is 10.0 Å². The summed E-state index contributed by atoms with van der Waals surface area (Å²) in [6, 6.07) is 2.92. The molecule has 0 saturated carbocycles. The van der Waals surface area contributed by atoms with Crippen molar-refractivity contribution in [2.24, 2.45) is 0 Å². The van der Waals surface area contributed by atoms with E-state index in [2.05, 4.69) is 10.3 Å². The molecule has 1 rings (SSSR count). The van der Waals surface area contributed by atoms with Crippen LogP contribution in [0.5, 0.6) is 0 Å². The zero-order valence-electron chi connectivity index (χ0n) is 10.9. The van der Waals surface area contributed by atoms with Crippen molar-refractivity contribution in [1.29, 1.82) is 5.26 Å². The first-order valence-corrected chi connectivity index (χ1v) is 7.08. The number of nitrogens with one attached hydrogen (secondary N) is 1. The number of anilines is 1. The Morgan fingerprint density at radius 2 is 2.20 bits per heavy atom. The number of nitriles is 1. The van der Waals surface area contributed by atoms with Gasteiger partial charge in [-0.2, -0.15) is 5.26 Å². The van der Waals surface area contributed by atoms with Crippen LogP contribution in [0.2, 0.25) is 0 Å². The molecule has 0 aromatic carbocycles. The topological polar surface area (TPSA) is 129 Å². The number of sulfonamides is 1. The first kappa shape index (κ1) is 15.8. The molecule has 0 atom stereocenters. The number of hydrogen-bond donors (Lipinski definition) is 1. The average molecular weight is 299 g/mol. The lowest BCUT2D eigenvalue weighted by molar-refractivity contribution is -0.384. The minimum atomic E-state index is -3.41. The van der Waals surface area contributed by atoms with Crippen LogP contribution in [0, 0.1) is 21.4 Å². The van der Waals surface area contributed by atoms with E-state index in [1.165, 1.54) is 26.4 Å². The van der Waals surface area contributed by atoms with Crippen LogP contribution in [0.25, 0.3) is 0 Å². The maximum absolute atomic E-state index is 11.5. The quantitative estimate of drug-likeness (QED) is 0.585. The molecule has 1 aromatic heterocycles. The molecule has 0 unspecified atom stereocenters. The highest BCUT2D eigenvalue weighted by Gasteiger charge is 2.21. The molecule has 1 N–H and O–H groups in total. The second-order valence-corrected chi connectivity index (χ2v) is 6.25. The molecule has 108 valence electrons. The summed E-state index contributed by atoms with van der Waals surface area (Å²) in [5, 5.41) is 22.3. The third-order valence-corrected chi connectivity index (χ3v) is 4.27. The van der Waals surface area contributed by atoms with Gasteiger partial charge in [0.05, 0.1) is 10.7 Å². The van der Waals surface area contributed by atoms with Crippen LogP contribution in [0.15, 0.2) is 12.3 Å². The number of nitro groups is 1. The smallest absolute Gasteiger partial charge is 0.328 e. The van der Waals surface area contributed by atoms with Gasteiger partial charge in [-0.25, -0.2) is 17.7 Å². The molecule has 10 heteroatoms. The molecule has 0 aliphatic carbocycles.